The van der Waals surface area contributed by atoms with Crippen LogP contribution in [0.4, 0.5) is 13.2 Å². The lowest BCUT2D eigenvalue weighted by Gasteiger charge is -2.21. The molecule has 2 aromatic rings. The summed E-state index contributed by atoms with van der Waals surface area (Å²) < 4.78 is 41.3. The minimum atomic E-state index is -4.66. The lowest BCUT2D eigenvalue weighted by Crippen LogP contribution is -2.17. The predicted molar refractivity (Wildman–Crippen MR) is 70.8 cm³/mol. The standard InChI is InChI=1S/C15H16F3NO/c16-15(17,18)20-13-8-4-7-11-12(9-19-14(11)13)10-5-2-1-3-6-10/h4,7-10,19H,1-3,5-6H2. The third-order valence-corrected chi connectivity index (χ3v) is 3.98. The molecule has 1 heterocycles. The summed E-state index contributed by atoms with van der Waals surface area (Å²) in [7, 11) is 0. The number of para-hydroxylation sites is 1. The number of nitrogens with one attached hydrogen (secondary N) is 1. The van der Waals surface area contributed by atoms with E-state index in [9.17, 15) is 13.2 Å². The van der Waals surface area contributed by atoms with Crippen molar-refractivity contribution in [3.05, 3.63) is 30.0 Å². The highest BCUT2D eigenvalue weighted by Crippen LogP contribution is 2.39. The summed E-state index contributed by atoms with van der Waals surface area (Å²) in [6, 6.07) is 4.82. The summed E-state index contributed by atoms with van der Waals surface area (Å²) >= 11 is 0. The highest BCUT2D eigenvalue weighted by atomic mass is 19.4. The van der Waals surface area contributed by atoms with Crippen LogP contribution in [0.15, 0.2) is 24.4 Å². The van der Waals surface area contributed by atoms with E-state index in [-0.39, 0.29) is 5.75 Å². The van der Waals surface area contributed by atoms with E-state index in [2.05, 4.69) is 9.72 Å². The average molecular weight is 283 g/mol. The van der Waals surface area contributed by atoms with Crippen molar-refractivity contribution in [2.24, 2.45) is 0 Å². The van der Waals surface area contributed by atoms with Gasteiger partial charge in [0.15, 0.2) is 5.75 Å². The largest absolute Gasteiger partial charge is 0.573 e. The van der Waals surface area contributed by atoms with Gasteiger partial charge in [0.1, 0.15) is 0 Å². The minimum absolute atomic E-state index is 0.156. The number of halogens is 3. The van der Waals surface area contributed by atoms with Gasteiger partial charge in [-0.1, -0.05) is 31.4 Å². The molecule has 2 nitrogen and oxygen atoms in total. The Labute approximate surface area is 114 Å². The van der Waals surface area contributed by atoms with Gasteiger partial charge >= 0.3 is 6.36 Å². The minimum Gasteiger partial charge on any atom is -0.404 e. The molecule has 1 aromatic carbocycles. The summed E-state index contributed by atoms with van der Waals surface area (Å²) in [5.41, 5.74) is 1.55. The number of benzene rings is 1. The van der Waals surface area contributed by atoms with E-state index in [0.29, 0.717) is 11.4 Å². The first-order valence-corrected chi connectivity index (χ1v) is 6.90. The molecule has 1 fully saturated rings. The zero-order valence-electron chi connectivity index (χ0n) is 11.0. The molecule has 0 atom stereocenters. The van der Waals surface area contributed by atoms with Crippen LogP contribution in [0.2, 0.25) is 0 Å². The number of hydrogen-bond acceptors (Lipinski definition) is 1. The molecule has 0 saturated heterocycles. The second-order valence-corrected chi connectivity index (χ2v) is 5.31. The molecule has 1 aromatic heterocycles. The fraction of sp³-hybridized carbons (Fsp3) is 0.467. The number of rotatable bonds is 2. The van der Waals surface area contributed by atoms with Crippen molar-refractivity contribution in [2.75, 3.05) is 0 Å². The van der Waals surface area contributed by atoms with E-state index in [1.54, 1.807) is 6.07 Å². The highest BCUT2D eigenvalue weighted by Gasteiger charge is 2.32. The normalized spacial score (nSPS) is 17.6. The zero-order chi connectivity index (χ0) is 14.2. The van der Waals surface area contributed by atoms with Crippen LogP contribution >= 0.6 is 0 Å². The number of aromatic nitrogens is 1. The molecule has 0 unspecified atom stereocenters. The Morgan fingerprint density at radius 3 is 2.55 bits per heavy atom. The Hall–Kier alpha value is -1.65. The molecule has 0 spiro atoms. The molecule has 3 rings (SSSR count). The lowest BCUT2D eigenvalue weighted by molar-refractivity contribution is -0.274. The van der Waals surface area contributed by atoms with Crippen molar-refractivity contribution in [1.82, 2.24) is 4.98 Å². The fourth-order valence-corrected chi connectivity index (χ4v) is 3.11. The summed E-state index contributed by atoms with van der Waals surface area (Å²) in [4.78, 5) is 2.95. The van der Waals surface area contributed by atoms with Gasteiger partial charge in [0.2, 0.25) is 0 Å². The maximum Gasteiger partial charge on any atom is 0.573 e. The van der Waals surface area contributed by atoms with Crippen molar-refractivity contribution >= 4 is 10.9 Å². The Bertz CT molecular complexity index is 597. The molecule has 20 heavy (non-hydrogen) atoms. The van der Waals surface area contributed by atoms with E-state index in [4.69, 9.17) is 0 Å². The first kappa shape index (κ1) is 13.3. The molecule has 0 amide bonds. The molecule has 0 radical (unpaired) electrons. The van der Waals surface area contributed by atoms with Gasteiger partial charge < -0.3 is 9.72 Å². The average Bonchev–Trinajstić information content (AvgIpc) is 2.83. The molecule has 0 bridgehead atoms. The molecular weight excluding hydrogens is 267 g/mol. The summed E-state index contributed by atoms with van der Waals surface area (Å²) in [6.45, 7) is 0. The first-order valence-electron chi connectivity index (χ1n) is 6.90. The summed E-state index contributed by atoms with van der Waals surface area (Å²) in [6.07, 6.45) is 3.02. The van der Waals surface area contributed by atoms with Gasteiger partial charge in [-0.15, -0.1) is 13.2 Å². The van der Waals surface area contributed by atoms with Crippen LogP contribution in [0.5, 0.6) is 5.75 Å². The van der Waals surface area contributed by atoms with Gasteiger partial charge in [-0.2, -0.15) is 0 Å². The maximum absolute atomic E-state index is 12.4. The van der Waals surface area contributed by atoms with Crippen LogP contribution in [-0.4, -0.2) is 11.3 Å². The highest BCUT2D eigenvalue weighted by molar-refractivity contribution is 5.88. The van der Waals surface area contributed by atoms with Gasteiger partial charge in [-0.05, 0) is 30.4 Å². The van der Waals surface area contributed by atoms with Crippen LogP contribution in [0.1, 0.15) is 43.6 Å². The van der Waals surface area contributed by atoms with Crippen molar-refractivity contribution in [1.29, 1.82) is 0 Å². The van der Waals surface area contributed by atoms with Crippen LogP contribution in [0.3, 0.4) is 0 Å². The molecule has 1 aliphatic rings. The summed E-state index contributed by atoms with van der Waals surface area (Å²) in [5.74, 6) is 0.288. The zero-order valence-corrected chi connectivity index (χ0v) is 11.0. The number of H-pyrrole nitrogens is 1. The molecular formula is C15H16F3NO. The van der Waals surface area contributed by atoms with E-state index >= 15 is 0 Å². The number of hydrogen-bond donors (Lipinski definition) is 1. The number of ether oxygens (including phenoxy) is 1. The van der Waals surface area contributed by atoms with Gasteiger partial charge in [-0.3, -0.25) is 0 Å². The second-order valence-electron chi connectivity index (χ2n) is 5.31. The van der Waals surface area contributed by atoms with Crippen LogP contribution in [0, 0.1) is 0 Å². The number of aromatic amines is 1. The molecule has 5 heteroatoms. The van der Waals surface area contributed by atoms with Crippen molar-refractivity contribution in [3.63, 3.8) is 0 Å². The third-order valence-electron chi connectivity index (χ3n) is 3.98. The van der Waals surface area contributed by atoms with Crippen molar-refractivity contribution < 1.29 is 17.9 Å². The first-order chi connectivity index (χ1) is 9.54. The molecule has 1 aliphatic carbocycles. The summed E-state index contributed by atoms with van der Waals surface area (Å²) in [5, 5.41) is 0.846. The van der Waals surface area contributed by atoms with Gasteiger partial charge in [0, 0.05) is 11.6 Å². The molecule has 1 saturated carbocycles. The van der Waals surface area contributed by atoms with E-state index in [1.165, 1.54) is 25.3 Å². The Kier molecular flexibility index (Phi) is 3.36. The van der Waals surface area contributed by atoms with Gasteiger partial charge in [-0.25, -0.2) is 0 Å². The Balaban J connectivity index is 1.98. The topological polar surface area (TPSA) is 25.0 Å². The number of fused-ring (bicyclic) bond motifs is 1. The fourth-order valence-electron chi connectivity index (χ4n) is 3.11. The van der Waals surface area contributed by atoms with Crippen LogP contribution < -0.4 is 4.74 Å². The maximum atomic E-state index is 12.4. The van der Waals surface area contributed by atoms with Crippen LogP contribution in [-0.2, 0) is 0 Å². The van der Waals surface area contributed by atoms with Gasteiger partial charge in [0.25, 0.3) is 0 Å². The van der Waals surface area contributed by atoms with E-state index in [0.717, 1.165) is 23.8 Å². The molecule has 1 N–H and O–H groups in total. The van der Waals surface area contributed by atoms with Crippen LogP contribution in [0.25, 0.3) is 10.9 Å². The third kappa shape index (κ3) is 2.62. The second kappa shape index (κ2) is 5.04. The molecule has 108 valence electrons. The smallest absolute Gasteiger partial charge is 0.404 e. The molecule has 0 aliphatic heterocycles. The van der Waals surface area contributed by atoms with Crippen molar-refractivity contribution in [3.8, 4) is 5.75 Å². The van der Waals surface area contributed by atoms with Crippen molar-refractivity contribution in [2.45, 2.75) is 44.4 Å². The van der Waals surface area contributed by atoms with Gasteiger partial charge in [0.05, 0.1) is 5.52 Å². The lowest BCUT2D eigenvalue weighted by atomic mass is 9.84. The quantitative estimate of drug-likeness (QED) is 0.813. The number of alkyl halides is 3. The Morgan fingerprint density at radius 2 is 1.85 bits per heavy atom. The van der Waals surface area contributed by atoms with E-state index < -0.39 is 6.36 Å². The van der Waals surface area contributed by atoms with E-state index in [1.807, 2.05) is 12.3 Å². The monoisotopic (exact) mass is 283 g/mol. The predicted octanol–water partition coefficient (Wildman–Crippen LogP) is 5.11. The SMILES string of the molecule is FC(F)(F)Oc1cccc2c(C3CCCCC3)c[nH]c12. The Morgan fingerprint density at radius 1 is 1.10 bits per heavy atom.